The monoisotopic (exact) mass is 332 g/mol. The second-order valence-corrected chi connectivity index (χ2v) is 5.05. The molecule has 6 nitrogen and oxygen atoms in total. The van der Waals surface area contributed by atoms with Gasteiger partial charge in [0.05, 0.1) is 34.1 Å². The van der Waals surface area contributed by atoms with Crippen LogP contribution in [0.2, 0.25) is 0 Å². The predicted octanol–water partition coefficient (Wildman–Crippen LogP) is 3.37. The highest BCUT2D eigenvalue weighted by Crippen LogP contribution is 2.40. The zero-order chi connectivity index (χ0) is 17.5. The fourth-order valence-electron chi connectivity index (χ4n) is 2.45. The third-order valence-electron chi connectivity index (χ3n) is 3.69. The van der Waals surface area contributed by atoms with E-state index in [9.17, 15) is 0 Å². The maximum atomic E-state index is 5.37. The first kappa shape index (κ1) is 17.6. The van der Waals surface area contributed by atoms with E-state index in [-0.39, 0.29) is 0 Å². The van der Waals surface area contributed by atoms with Crippen molar-refractivity contribution in [1.29, 1.82) is 0 Å². The van der Waals surface area contributed by atoms with Gasteiger partial charge in [-0.3, -0.25) is 0 Å². The third-order valence-corrected chi connectivity index (χ3v) is 3.69. The standard InChI is InChI=1S/C18H24N2O4/c1-19-14-8-12(6-7-15(14)21-2)11-20-13-9-16(22-3)18(24-5)17(10-13)23-4/h6-10,19-20H,11H2,1-5H3. The van der Waals surface area contributed by atoms with Crippen LogP contribution in [-0.4, -0.2) is 35.5 Å². The van der Waals surface area contributed by atoms with Gasteiger partial charge < -0.3 is 29.6 Å². The van der Waals surface area contributed by atoms with Gasteiger partial charge in [-0.1, -0.05) is 6.07 Å². The Labute approximate surface area is 142 Å². The molecule has 0 radical (unpaired) electrons. The molecule has 130 valence electrons. The van der Waals surface area contributed by atoms with Crippen molar-refractivity contribution < 1.29 is 18.9 Å². The van der Waals surface area contributed by atoms with Gasteiger partial charge in [0.1, 0.15) is 5.75 Å². The van der Waals surface area contributed by atoms with Crippen LogP contribution in [-0.2, 0) is 6.54 Å². The summed E-state index contributed by atoms with van der Waals surface area (Å²) >= 11 is 0. The van der Waals surface area contributed by atoms with Gasteiger partial charge in [0, 0.05) is 31.4 Å². The van der Waals surface area contributed by atoms with Crippen LogP contribution in [0.4, 0.5) is 11.4 Å². The average Bonchev–Trinajstić information content (AvgIpc) is 2.64. The van der Waals surface area contributed by atoms with Crippen molar-refractivity contribution in [2.45, 2.75) is 6.54 Å². The molecule has 6 heteroatoms. The van der Waals surface area contributed by atoms with Crippen molar-refractivity contribution in [3.8, 4) is 23.0 Å². The van der Waals surface area contributed by atoms with Crippen molar-refractivity contribution in [2.24, 2.45) is 0 Å². The summed E-state index contributed by atoms with van der Waals surface area (Å²) in [6.45, 7) is 0.650. The number of rotatable bonds is 8. The number of methoxy groups -OCH3 is 4. The molecule has 0 aliphatic carbocycles. The van der Waals surface area contributed by atoms with Crippen molar-refractivity contribution in [2.75, 3.05) is 46.1 Å². The summed E-state index contributed by atoms with van der Waals surface area (Å²) < 4.78 is 21.4. The number of hydrogen-bond acceptors (Lipinski definition) is 6. The molecule has 2 aromatic carbocycles. The molecule has 0 bridgehead atoms. The normalized spacial score (nSPS) is 10.0. The van der Waals surface area contributed by atoms with Crippen LogP contribution in [0.3, 0.4) is 0 Å². The van der Waals surface area contributed by atoms with Crippen LogP contribution in [0.25, 0.3) is 0 Å². The zero-order valence-electron chi connectivity index (χ0n) is 14.7. The van der Waals surface area contributed by atoms with Crippen LogP contribution >= 0.6 is 0 Å². The fourth-order valence-corrected chi connectivity index (χ4v) is 2.45. The number of hydrogen-bond donors (Lipinski definition) is 2. The predicted molar refractivity (Wildman–Crippen MR) is 96.0 cm³/mol. The molecule has 0 fully saturated rings. The van der Waals surface area contributed by atoms with E-state index in [2.05, 4.69) is 10.6 Å². The maximum Gasteiger partial charge on any atom is 0.203 e. The summed E-state index contributed by atoms with van der Waals surface area (Å²) in [4.78, 5) is 0. The van der Waals surface area contributed by atoms with Crippen LogP contribution in [0.15, 0.2) is 30.3 Å². The highest BCUT2D eigenvalue weighted by molar-refractivity contribution is 5.63. The first-order valence-electron chi connectivity index (χ1n) is 7.55. The summed E-state index contributed by atoms with van der Waals surface area (Å²) in [5.74, 6) is 2.62. The first-order chi connectivity index (χ1) is 11.7. The zero-order valence-corrected chi connectivity index (χ0v) is 14.7. The molecule has 0 amide bonds. The van der Waals surface area contributed by atoms with E-state index in [1.807, 2.05) is 37.4 Å². The SMILES string of the molecule is CNc1cc(CNc2cc(OC)c(OC)c(OC)c2)ccc1OC. The maximum absolute atomic E-state index is 5.37. The minimum absolute atomic E-state index is 0.576. The Balaban J connectivity index is 2.20. The minimum Gasteiger partial charge on any atom is -0.495 e. The second kappa shape index (κ2) is 8.19. The van der Waals surface area contributed by atoms with E-state index in [1.165, 1.54) is 0 Å². The summed E-state index contributed by atoms with van der Waals surface area (Å²) in [7, 11) is 8.32. The number of nitrogens with one attached hydrogen (secondary N) is 2. The Hall–Kier alpha value is -2.76. The molecule has 0 atom stereocenters. The van der Waals surface area contributed by atoms with E-state index in [1.54, 1.807) is 28.4 Å². The van der Waals surface area contributed by atoms with Crippen molar-refractivity contribution in [3.05, 3.63) is 35.9 Å². The van der Waals surface area contributed by atoms with Gasteiger partial charge in [-0.2, -0.15) is 0 Å². The van der Waals surface area contributed by atoms with E-state index >= 15 is 0 Å². The lowest BCUT2D eigenvalue weighted by atomic mass is 10.1. The number of ether oxygens (including phenoxy) is 4. The van der Waals surface area contributed by atoms with Crippen LogP contribution in [0, 0.1) is 0 Å². The van der Waals surface area contributed by atoms with Gasteiger partial charge in [0.2, 0.25) is 5.75 Å². The molecule has 0 aromatic heterocycles. The van der Waals surface area contributed by atoms with Gasteiger partial charge in [0.15, 0.2) is 11.5 Å². The molecule has 0 spiro atoms. The third kappa shape index (κ3) is 3.76. The second-order valence-electron chi connectivity index (χ2n) is 5.05. The average molecular weight is 332 g/mol. The molecule has 0 saturated heterocycles. The molecule has 0 aliphatic rings. The smallest absolute Gasteiger partial charge is 0.203 e. The highest BCUT2D eigenvalue weighted by Gasteiger charge is 2.13. The molecule has 0 heterocycles. The van der Waals surface area contributed by atoms with E-state index in [0.29, 0.717) is 23.8 Å². The lowest BCUT2D eigenvalue weighted by molar-refractivity contribution is 0.324. The summed E-state index contributed by atoms with van der Waals surface area (Å²) in [5.41, 5.74) is 2.95. The van der Waals surface area contributed by atoms with Crippen molar-refractivity contribution in [1.82, 2.24) is 0 Å². The minimum atomic E-state index is 0.576. The Morgan fingerprint density at radius 3 is 1.92 bits per heavy atom. The Bertz CT molecular complexity index is 664. The molecule has 2 rings (SSSR count). The summed E-state index contributed by atoms with van der Waals surface area (Å²) in [5, 5.41) is 6.49. The van der Waals surface area contributed by atoms with Gasteiger partial charge >= 0.3 is 0 Å². The van der Waals surface area contributed by atoms with Gasteiger partial charge in [-0.05, 0) is 17.7 Å². The number of benzene rings is 2. The molecule has 24 heavy (non-hydrogen) atoms. The first-order valence-corrected chi connectivity index (χ1v) is 7.55. The van der Waals surface area contributed by atoms with Crippen molar-refractivity contribution >= 4 is 11.4 Å². The quantitative estimate of drug-likeness (QED) is 0.773. The van der Waals surface area contributed by atoms with Gasteiger partial charge in [0.25, 0.3) is 0 Å². The molecule has 2 N–H and O–H groups in total. The van der Waals surface area contributed by atoms with E-state index < -0.39 is 0 Å². The molecular formula is C18H24N2O4. The molecular weight excluding hydrogens is 308 g/mol. The summed E-state index contributed by atoms with van der Waals surface area (Å²) in [6, 6.07) is 9.76. The largest absolute Gasteiger partial charge is 0.495 e. The Morgan fingerprint density at radius 1 is 0.792 bits per heavy atom. The Morgan fingerprint density at radius 2 is 1.42 bits per heavy atom. The van der Waals surface area contributed by atoms with E-state index in [4.69, 9.17) is 18.9 Å². The van der Waals surface area contributed by atoms with Gasteiger partial charge in [-0.25, -0.2) is 0 Å². The molecule has 0 unspecified atom stereocenters. The van der Waals surface area contributed by atoms with Gasteiger partial charge in [-0.15, -0.1) is 0 Å². The Kier molecular flexibility index (Phi) is 6.01. The van der Waals surface area contributed by atoms with Crippen LogP contribution < -0.4 is 29.6 Å². The van der Waals surface area contributed by atoms with Crippen molar-refractivity contribution in [3.63, 3.8) is 0 Å². The lowest BCUT2D eigenvalue weighted by Gasteiger charge is -2.15. The number of anilines is 2. The summed E-state index contributed by atoms with van der Waals surface area (Å²) in [6.07, 6.45) is 0. The molecule has 0 aliphatic heterocycles. The molecule has 2 aromatic rings. The highest BCUT2D eigenvalue weighted by atomic mass is 16.5. The van der Waals surface area contributed by atoms with Crippen LogP contribution in [0.5, 0.6) is 23.0 Å². The fraction of sp³-hybridized carbons (Fsp3) is 0.333. The lowest BCUT2D eigenvalue weighted by Crippen LogP contribution is -2.03. The van der Waals surface area contributed by atoms with Crippen LogP contribution in [0.1, 0.15) is 5.56 Å². The molecule has 0 saturated carbocycles. The topological polar surface area (TPSA) is 61.0 Å². The van der Waals surface area contributed by atoms with E-state index in [0.717, 1.165) is 22.7 Å².